The average molecular weight is 492 g/mol. The van der Waals surface area contributed by atoms with Crippen molar-refractivity contribution in [3.63, 3.8) is 0 Å². The predicted octanol–water partition coefficient (Wildman–Crippen LogP) is 6.31. The summed E-state index contributed by atoms with van der Waals surface area (Å²) < 4.78 is 0. The van der Waals surface area contributed by atoms with E-state index in [1.54, 1.807) is 36.8 Å². The molecule has 0 aliphatic carbocycles. The first-order valence-corrected chi connectivity index (χ1v) is 12.1. The Morgan fingerprint density at radius 1 is 0.973 bits per heavy atom. The van der Waals surface area contributed by atoms with Crippen molar-refractivity contribution in [3.8, 4) is 11.3 Å². The van der Waals surface area contributed by atoms with Crippen molar-refractivity contribution < 1.29 is 9.59 Å². The predicted molar refractivity (Wildman–Crippen MR) is 147 cm³/mol. The van der Waals surface area contributed by atoms with Gasteiger partial charge < -0.3 is 10.6 Å². The summed E-state index contributed by atoms with van der Waals surface area (Å²) in [5.74, 6) is 0.350. The summed E-state index contributed by atoms with van der Waals surface area (Å²) in [6.45, 7) is 5.79. The minimum atomic E-state index is -0.211. The van der Waals surface area contributed by atoms with Gasteiger partial charge in [-0.3, -0.25) is 14.6 Å². The topological polar surface area (TPSA) is 96.9 Å². The number of benzene rings is 2. The Balaban J connectivity index is 1.41. The molecule has 2 aromatic heterocycles. The van der Waals surface area contributed by atoms with E-state index in [-0.39, 0.29) is 11.7 Å². The summed E-state index contributed by atoms with van der Waals surface area (Å²) >= 11 is 0. The number of nitrogens with one attached hydrogen (secondary N) is 2. The third-order valence-electron chi connectivity index (χ3n) is 5.68. The van der Waals surface area contributed by atoms with Crippen LogP contribution in [0.5, 0.6) is 0 Å². The van der Waals surface area contributed by atoms with Crippen molar-refractivity contribution in [1.29, 1.82) is 0 Å². The summed E-state index contributed by atoms with van der Waals surface area (Å²) in [5, 5.41) is 6.20. The highest BCUT2D eigenvalue weighted by Crippen LogP contribution is 2.24. The van der Waals surface area contributed by atoms with Crippen molar-refractivity contribution in [2.45, 2.75) is 33.6 Å². The van der Waals surface area contributed by atoms with Crippen molar-refractivity contribution in [3.05, 3.63) is 108 Å². The maximum Gasteiger partial charge on any atom is 0.255 e. The van der Waals surface area contributed by atoms with Crippen molar-refractivity contribution in [2.24, 2.45) is 0 Å². The third-order valence-corrected chi connectivity index (χ3v) is 5.68. The molecule has 0 bridgehead atoms. The van der Waals surface area contributed by atoms with Crippen LogP contribution < -0.4 is 10.6 Å². The van der Waals surface area contributed by atoms with E-state index in [1.807, 2.05) is 69.3 Å². The summed E-state index contributed by atoms with van der Waals surface area (Å²) in [6, 6.07) is 18.6. The van der Waals surface area contributed by atoms with Gasteiger partial charge in [-0.05, 0) is 86.9 Å². The first-order chi connectivity index (χ1) is 17.9. The molecule has 2 N–H and O–H groups in total. The SMILES string of the molecule is CC(C)=CC(=O)CCc1ccc(C(=O)Nc2ccc(C)c(Nc3nccc(-c4cccnc4)n3)c2)cc1. The fourth-order valence-electron chi connectivity index (χ4n) is 3.74. The zero-order chi connectivity index (χ0) is 26.2. The van der Waals surface area contributed by atoms with Crippen LogP contribution in [0.4, 0.5) is 17.3 Å². The molecule has 2 heterocycles. The molecule has 4 rings (SSSR count). The molecule has 37 heavy (non-hydrogen) atoms. The molecule has 0 aliphatic rings. The van der Waals surface area contributed by atoms with Crippen LogP contribution in [0.2, 0.25) is 0 Å². The van der Waals surface area contributed by atoms with E-state index in [2.05, 4.69) is 25.6 Å². The zero-order valence-corrected chi connectivity index (χ0v) is 21.2. The number of rotatable bonds is 9. The monoisotopic (exact) mass is 491 g/mol. The van der Waals surface area contributed by atoms with Crippen LogP contribution in [0.1, 0.15) is 41.8 Å². The van der Waals surface area contributed by atoms with E-state index in [0.29, 0.717) is 30.0 Å². The first-order valence-electron chi connectivity index (χ1n) is 12.1. The lowest BCUT2D eigenvalue weighted by molar-refractivity contribution is -0.114. The van der Waals surface area contributed by atoms with Crippen LogP contribution in [0.25, 0.3) is 11.3 Å². The number of amides is 1. The molecule has 0 fully saturated rings. The normalized spacial score (nSPS) is 10.5. The van der Waals surface area contributed by atoms with Gasteiger partial charge in [0.05, 0.1) is 5.69 Å². The molecule has 0 spiro atoms. The number of aromatic nitrogens is 3. The van der Waals surface area contributed by atoms with Gasteiger partial charge in [0.2, 0.25) is 5.95 Å². The molecule has 0 aliphatic heterocycles. The van der Waals surface area contributed by atoms with E-state index in [4.69, 9.17) is 0 Å². The highest BCUT2D eigenvalue weighted by molar-refractivity contribution is 6.04. The number of carbonyl (C=O) groups is 2. The second kappa shape index (κ2) is 11.9. The summed E-state index contributed by atoms with van der Waals surface area (Å²) in [6.07, 6.45) is 7.92. The Kier molecular flexibility index (Phi) is 8.15. The van der Waals surface area contributed by atoms with Gasteiger partial charge in [-0.1, -0.05) is 23.8 Å². The van der Waals surface area contributed by atoms with Gasteiger partial charge in [0.25, 0.3) is 5.91 Å². The van der Waals surface area contributed by atoms with Crippen LogP contribution in [0.15, 0.2) is 90.9 Å². The highest BCUT2D eigenvalue weighted by atomic mass is 16.1. The summed E-state index contributed by atoms with van der Waals surface area (Å²) in [5.41, 5.74) is 6.64. The van der Waals surface area contributed by atoms with E-state index >= 15 is 0 Å². The fourth-order valence-corrected chi connectivity index (χ4v) is 3.74. The molecule has 186 valence electrons. The molecule has 2 aromatic carbocycles. The number of nitrogens with zero attached hydrogens (tertiary/aromatic N) is 3. The average Bonchev–Trinajstić information content (AvgIpc) is 2.90. The highest BCUT2D eigenvalue weighted by Gasteiger charge is 2.10. The van der Waals surface area contributed by atoms with Gasteiger partial charge in [-0.15, -0.1) is 0 Å². The smallest absolute Gasteiger partial charge is 0.255 e. The number of aryl methyl sites for hydroxylation is 2. The quantitative estimate of drug-likeness (QED) is 0.266. The molecule has 7 heteroatoms. The van der Waals surface area contributed by atoms with E-state index < -0.39 is 0 Å². The minimum Gasteiger partial charge on any atom is -0.324 e. The second-order valence-corrected chi connectivity index (χ2v) is 9.00. The largest absolute Gasteiger partial charge is 0.324 e. The number of carbonyl (C=O) groups excluding carboxylic acids is 2. The molecule has 0 radical (unpaired) electrons. The van der Waals surface area contributed by atoms with Gasteiger partial charge in [0.15, 0.2) is 5.78 Å². The lowest BCUT2D eigenvalue weighted by atomic mass is 10.0. The Morgan fingerprint density at radius 2 is 1.78 bits per heavy atom. The molecule has 0 saturated heterocycles. The van der Waals surface area contributed by atoms with Crippen LogP contribution in [0, 0.1) is 6.92 Å². The molecule has 0 saturated carbocycles. The lowest BCUT2D eigenvalue weighted by Gasteiger charge is -2.12. The number of hydrogen-bond donors (Lipinski definition) is 2. The van der Waals surface area contributed by atoms with Crippen molar-refractivity contribution >= 4 is 29.0 Å². The molecule has 0 atom stereocenters. The number of anilines is 3. The number of pyridine rings is 1. The Bertz CT molecular complexity index is 1430. The molecule has 7 nitrogen and oxygen atoms in total. The molecular formula is C30H29N5O2. The first kappa shape index (κ1) is 25.4. The molecular weight excluding hydrogens is 462 g/mol. The van der Waals surface area contributed by atoms with Crippen LogP contribution in [-0.2, 0) is 11.2 Å². The maximum absolute atomic E-state index is 12.8. The van der Waals surface area contributed by atoms with Gasteiger partial charge in [0.1, 0.15) is 0 Å². The van der Waals surface area contributed by atoms with Crippen molar-refractivity contribution in [1.82, 2.24) is 15.0 Å². The fraction of sp³-hybridized carbons (Fsp3) is 0.167. The van der Waals surface area contributed by atoms with Gasteiger partial charge >= 0.3 is 0 Å². The van der Waals surface area contributed by atoms with Gasteiger partial charge in [-0.2, -0.15) is 0 Å². The Morgan fingerprint density at radius 3 is 2.51 bits per heavy atom. The number of hydrogen-bond acceptors (Lipinski definition) is 6. The van der Waals surface area contributed by atoms with Gasteiger partial charge in [-0.25, -0.2) is 9.97 Å². The molecule has 0 unspecified atom stereocenters. The minimum absolute atomic E-state index is 0.111. The van der Waals surface area contributed by atoms with E-state index in [9.17, 15) is 9.59 Å². The van der Waals surface area contributed by atoms with Crippen LogP contribution in [-0.4, -0.2) is 26.6 Å². The molecule has 1 amide bonds. The summed E-state index contributed by atoms with van der Waals surface area (Å²) in [7, 11) is 0. The van der Waals surface area contributed by atoms with Crippen LogP contribution >= 0.6 is 0 Å². The lowest BCUT2D eigenvalue weighted by Crippen LogP contribution is -2.12. The third kappa shape index (κ3) is 7.18. The van der Waals surface area contributed by atoms with E-state index in [0.717, 1.165) is 33.6 Å². The Hall–Kier alpha value is -4.65. The second-order valence-electron chi connectivity index (χ2n) is 9.00. The van der Waals surface area contributed by atoms with E-state index in [1.165, 1.54) is 0 Å². The molecule has 4 aromatic rings. The van der Waals surface area contributed by atoms with Gasteiger partial charge in [0, 0.05) is 47.5 Å². The summed E-state index contributed by atoms with van der Waals surface area (Å²) in [4.78, 5) is 37.8. The Labute approximate surface area is 216 Å². The maximum atomic E-state index is 12.8. The standard InChI is InChI=1S/C30H29N5O2/c1-20(2)17-26(36)13-9-22-7-10-23(11-8-22)29(37)33-25-12-6-21(3)28(18-25)35-30-32-16-14-27(34-30)24-5-4-15-31-19-24/h4-8,10-12,14-19H,9,13H2,1-3H3,(H,33,37)(H,32,34,35). The van der Waals surface area contributed by atoms with Crippen LogP contribution in [0.3, 0.4) is 0 Å². The van der Waals surface area contributed by atoms with Crippen molar-refractivity contribution in [2.75, 3.05) is 10.6 Å². The number of ketones is 1. The number of allylic oxidation sites excluding steroid dienone is 2. The zero-order valence-electron chi connectivity index (χ0n) is 21.2.